The van der Waals surface area contributed by atoms with Crippen molar-refractivity contribution < 1.29 is 95.2 Å². The van der Waals surface area contributed by atoms with Crippen molar-refractivity contribution in [3.8, 4) is 0 Å². The molecule has 29 heavy (non-hydrogen) atoms. The Morgan fingerprint density at radius 3 is 1.00 bits per heavy atom. The van der Waals surface area contributed by atoms with Crippen molar-refractivity contribution in [3.63, 3.8) is 0 Å². The van der Waals surface area contributed by atoms with Crippen LogP contribution in [0.25, 0.3) is 0 Å². The van der Waals surface area contributed by atoms with E-state index in [0.717, 1.165) is 0 Å². The molecule has 0 rings (SSSR count). The van der Waals surface area contributed by atoms with Crippen LogP contribution < -0.4 is 29.6 Å². The Bertz CT molecular complexity index is 572. The molecule has 0 saturated carbocycles. The van der Waals surface area contributed by atoms with Crippen molar-refractivity contribution in [2.75, 3.05) is 5.75 Å². The molecule has 0 N–H and O–H groups in total. The topological polar surface area (TPSA) is 57.2 Å². The van der Waals surface area contributed by atoms with Gasteiger partial charge in [-0.05, 0) is 0 Å². The van der Waals surface area contributed by atoms with Crippen molar-refractivity contribution in [1.29, 1.82) is 0 Å². The van der Waals surface area contributed by atoms with Crippen molar-refractivity contribution in [2.24, 2.45) is 0 Å². The van der Waals surface area contributed by atoms with Gasteiger partial charge in [0.2, 0.25) is 0 Å². The van der Waals surface area contributed by atoms with E-state index in [1.807, 2.05) is 0 Å². The molecular formula is C12H13F12NaO3S. The van der Waals surface area contributed by atoms with Crippen LogP contribution in [-0.2, 0) is 10.1 Å². The molecular weight excluding hydrogens is 475 g/mol. The van der Waals surface area contributed by atoms with Crippen LogP contribution >= 0.6 is 0 Å². The molecule has 0 aromatic rings. The van der Waals surface area contributed by atoms with Gasteiger partial charge >= 0.3 is 29.6 Å². The molecule has 170 valence electrons. The zero-order valence-corrected chi connectivity index (χ0v) is 17.0. The standard InChI is InChI=1S/C12H14F12O3S.Na/c13-2(1-28(25,26)27)3(14)4(15)5(16)6(17)7(18)8(19)9(20)10(21)11(22)12(23)24;/h2-12H,1H2,(H,25,26,27);/q;+1/p-1. The Balaban J connectivity index is 0. The van der Waals surface area contributed by atoms with Crippen molar-refractivity contribution in [3.05, 3.63) is 0 Å². The second kappa shape index (κ2) is 12.8. The molecule has 0 spiro atoms. The van der Waals surface area contributed by atoms with Gasteiger partial charge in [0.1, 0.15) is 6.17 Å². The summed E-state index contributed by atoms with van der Waals surface area (Å²) in [6, 6.07) is 0. The second-order valence-corrected chi connectivity index (χ2v) is 7.02. The maximum atomic E-state index is 13.4. The molecule has 0 aliphatic carbocycles. The summed E-state index contributed by atoms with van der Waals surface area (Å²) >= 11 is 0. The molecule has 0 aliphatic heterocycles. The molecule has 0 aromatic carbocycles. The summed E-state index contributed by atoms with van der Waals surface area (Å²) < 4.78 is 186. The summed E-state index contributed by atoms with van der Waals surface area (Å²) in [5.74, 6) is -2.22. The smallest absolute Gasteiger partial charge is 0.748 e. The van der Waals surface area contributed by atoms with Gasteiger partial charge in [0.25, 0.3) is 6.43 Å². The summed E-state index contributed by atoms with van der Waals surface area (Å²) in [7, 11) is -5.48. The number of alkyl halides is 12. The van der Waals surface area contributed by atoms with Crippen LogP contribution in [0.15, 0.2) is 0 Å². The van der Waals surface area contributed by atoms with Crippen LogP contribution in [0.4, 0.5) is 52.7 Å². The minimum Gasteiger partial charge on any atom is -0.748 e. The first kappa shape index (κ1) is 31.3. The van der Waals surface area contributed by atoms with E-state index in [1.165, 1.54) is 0 Å². The summed E-state index contributed by atoms with van der Waals surface area (Å²) in [5.41, 5.74) is 0. The molecule has 10 atom stereocenters. The quantitative estimate of drug-likeness (QED) is 0.224. The van der Waals surface area contributed by atoms with Gasteiger partial charge in [0.05, 0.1) is 15.9 Å². The molecule has 0 aliphatic rings. The van der Waals surface area contributed by atoms with E-state index in [9.17, 15) is 65.7 Å². The van der Waals surface area contributed by atoms with Gasteiger partial charge in [0, 0.05) is 0 Å². The third-order valence-electron chi connectivity index (χ3n) is 3.38. The fourth-order valence-corrected chi connectivity index (χ4v) is 2.43. The van der Waals surface area contributed by atoms with Gasteiger partial charge in [-0.3, -0.25) is 0 Å². The van der Waals surface area contributed by atoms with E-state index in [0.29, 0.717) is 0 Å². The van der Waals surface area contributed by atoms with Crippen LogP contribution in [0.3, 0.4) is 0 Å². The van der Waals surface area contributed by atoms with Gasteiger partial charge in [-0.15, -0.1) is 0 Å². The fraction of sp³-hybridized carbons (Fsp3) is 1.00. The molecule has 10 unspecified atom stereocenters. The van der Waals surface area contributed by atoms with Crippen LogP contribution in [0, 0.1) is 0 Å². The van der Waals surface area contributed by atoms with E-state index >= 15 is 0 Å². The second-order valence-electron chi connectivity index (χ2n) is 5.57. The Morgan fingerprint density at radius 1 is 0.517 bits per heavy atom. The maximum absolute atomic E-state index is 13.4. The zero-order chi connectivity index (χ0) is 22.6. The van der Waals surface area contributed by atoms with Crippen LogP contribution in [-0.4, -0.2) is 86.9 Å². The Hall–Kier alpha value is 0.0700. The van der Waals surface area contributed by atoms with Gasteiger partial charge in [-0.2, -0.15) is 0 Å². The summed E-state index contributed by atoms with van der Waals surface area (Å²) in [5, 5.41) is 0. The number of hydrogen-bond acceptors (Lipinski definition) is 3. The molecule has 0 aromatic heterocycles. The van der Waals surface area contributed by atoms with Crippen molar-refractivity contribution >= 4 is 10.1 Å². The fourth-order valence-electron chi connectivity index (χ4n) is 1.85. The summed E-state index contributed by atoms with van der Waals surface area (Å²) in [6.07, 6.45) is -44.3. The van der Waals surface area contributed by atoms with E-state index in [4.69, 9.17) is 0 Å². The third kappa shape index (κ3) is 9.39. The number of rotatable bonds is 12. The predicted octanol–water partition coefficient (Wildman–Crippen LogP) is 0.182. The average Bonchev–Trinajstić information content (AvgIpc) is 2.60. The van der Waals surface area contributed by atoms with E-state index < -0.39 is 84.0 Å². The molecule has 0 fully saturated rings. The van der Waals surface area contributed by atoms with E-state index in [-0.39, 0.29) is 29.6 Å². The minimum absolute atomic E-state index is 0. The maximum Gasteiger partial charge on any atom is 1.00 e. The molecule has 17 heteroatoms. The minimum atomic E-state index is -5.48. The third-order valence-corrected chi connectivity index (χ3v) is 4.11. The molecule has 0 saturated heterocycles. The van der Waals surface area contributed by atoms with Crippen LogP contribution in [0.5, 0.6) is 0 Å². The van der Waals surface area contributed by atoms with Crippen molar-refractivity contribution in [2.45, 2.75) is 68.1 Å². The monoisotopic (exact) mass is 488 g/mol. The van der Waals surface area contributed by atoms with Crippen LogP contribution in [0.2, 0.25) is 0 Å². The summed E-state index contributed by atoms with van der Waals surface area (Å²) in [6.45, 7) is 0. The first-order valence-corrected chi connectivity index (χ1v) is 8.73. The molecule has 3 nitrogen and oxygen atoms in total. The van der Waals surface area contributed by atoms with Gasteiger partial charge < -0.3 is 4.55 Å². The SMILES string of the molecule is O=S(=O)([O-])CC(F)C(F)C(F)C(F)C(F)C(F)C(F)C(F)C(F)C(F)C(F)F.[Na+]. The van der Waals surface area contributed by atoms with Gasteiger partial charge in [-0.25, -0.2) is 61.1 Å². The molecule has 0 heterocycles. The molecule has 0 radical (unpaired) electrons. The number of hydrogen-bond donors (Lipinski definition) is 0. The normalized spacial score (nSPS) is 23.1. The van der Waals surface area contributed by atoms with Crippen LogP contribution in [0.1, 0.15) is 0 Å². The van der Waals surface area contributed by atoms with Crippen molar-refractivity contribution in [1.82, 2.24) is 0 Å². The largest absolute Gasteiger partial charge is 1.00 e. The Labute approximate surface area is 179 Å². The molecule has 0 amide bonds. The van der Waals surface area contributed by atoms with Gasteiger partial charge in [-0.1, -0.05) is 0 Å². The Morgan fingerprint density at radius 2 is 0.759 bits per heavy atom. The Kier molecular flexibility index (Phi) is 13.8. The number of halogens is 12. The van der Waals surface area contributed by atoms with E-state index in [2.05, 4.69) is 0 Å². The van der Waals surface area contributed by atoms with Gasteiger partial charge in [0.15, 0.2) is 55.5 Å². The zero-order valence-electron chi connectivity index (χ0n) is 14.2. The molecule has 0 bridgehead atoms. The van der Waals surface area contributed by atoms with E-state index in [1.54, 1.807) is 0 Å². The predicted molar refractivity (Wildman–Crippen MR) is 69.5 cm³/mol. The first-order chi connectivity index (χ1) is 12.5. The first-order valence-electron chi connectivity index (χ1n) is 7.15. The summed E-state index contributed by atoms with van der Waals surface area (Å²) in [4.78, 5) is 0. The average molecular weight is 488 g/mol.